The first-order chi connectivity index (χ1) is 6.76. The van der Waals surface area contributed by atoms with Gasteiger partial charge in [-0.2, -0.15) is 0 Å². The van der Waals surface area contributed by atoms with Crippen molar-refractivity contribution in [2.45, 2.75) is 30.9 Å². The van der Waals surface area contributed by atoms with Gasteiger partial charge in [-0.25, -0.2) is 0 Å². The second-order valence-corrected chi connectivity index (χ2v) is 3.31. The van der Waals surface area contributed by atoms with Crippen molar-refractivity contribution in [2.75, 3.05) is 13.7 Å². The fourth-order valence-corrected chi connectivity index (χ4v) is 1.72. The Morgan fingerprint density at radius 1 is 1.43 bits per heavy atom. The molecule has 5 atom stereocenters. The highest BCUT2D eigenvalue weighted by Gasteiger charge is 2.48. The van der Waals surface area contributed by atoms with Crippen molar-refractivity contribution >= 4 is 0 Å². The quantitative estimate of drug-likeness (QED) is 0.620. The summed E-state index contributed by atoms with van der Waals surface area (Å²) in [7, 11) is 1.53. The van der Waals surface area contributed by atoms with Crippen molar-refractivity contribution in [2.24, 2.45) is 0 Å². The highest BCUT2D eigenvalue weighted by atomic mass is 16.8. The van der Waals surface area contributed by atoms with Gasteiger partial charge in [0.1, 0.15) is 18.3 Å². The predicted octanol–water partition coefficient (Wildman–Crippen LogP) is -0.354. The van der Waals surface area contributed by atoms with Gasteiger partial charge in [-0.15, -0.1) is 0 Å². The van der Waals surface area contributed by atoms with Crippen LogP contribution in [0.3, 0.4) is 0 Å². The molecule has 5 nitrogen and oxygen atoms in total. The molecule has 5 unspecified atom stereocenters. The molecule has 14 heavy (non-hydrogen) atoms. The number of ether oxygens (including phenoxy) is 4. The zero-order valence-corrected chi connectivity index (χ0v) is 7.96. The lowest BCUT2D eigenvalue weighted by Gasteiger charge is -2.33. The Hall–Kier alpha value is -0.460. The van der Waals surface area contributed by atoms with E-state index in [4.69, 9.17) is 18.9 Å². The van der Waals surface area contributed by atoms with E-state index in [2.05, 4.69) is 6.58 Å². The zero-order chi connectivity index (χ0) is 10.1. The molecular formula is C9H14O5. The molecule has 0 spiro atoms. The van der Waals surface area contributed by atoms with Crippen molar-refractivity contribution in [3.8, 4) is 0 Å². The van der Waals surface area contributed by atoms with Gasteiger partial charge < -0.3 is 24.1 Å². The third-order valence-corrected chi connectivity index (χ3v) is 2.41. The maximum absolute atomic E-state index is 9.59. The van der Waals surface area contributed by atoms with Gasteiger partial charge in [0, 0.05) is 7.11 Å². The molecule has 0 radical (unpaired) electrons. The summed E-state index contributed by atoms with van der Waals surface area (Å²) in [6.07, 6.45) is -0.871. The lowest BCUT2D eigenvalue weighted by Crippen LogP contribution is -2.51. The number of rotatable bonds is 2. The van der Waals surface area contributed by atoms with Crippen molar-refractivity contribution in [3.63, 3.8) is 0 Å². The standard InChI is InChI=1S/C9H14O5/c1-3-6-13-7-5(10)4-12-9(11-2)8(7)14-6/h3,5-10H,1,4H2,2H3. The molecule has 0 aliphatic carbocycles. The van der Waals surface area contributed by atoms with Crippen molar-refractivity contribution in [1.82, 2.24) is 0 Å². The van der Waals surface area contributed by atoms with Crippen LogP contribution in [-0.4, -0.2) is 49.7 Å². The Bertz CT molecular complexity index is 219. The predicted molar refractivity (Wildman–Crippen MR) is 46.5 cm³/mol. The van der Waals surface area contributed by atoms with Gasteiger partial charge in [0.2, 0.25) is 0 Å². The lowest BCUT2D eigenvalue weighted by molar-refractivity contribution is -0.234. The molecule has 2 fully saturated rings. The third kappa shape index (κ3) is 1.57. The molecule has 80 valence electrons. The van der Waals surface area contributed by atoms with Crippen LogP contribution in [0.4, 0.5) is 0 Å². The number of aliphatic hydroxyl groups excluding tert-OH is 1. The molecule has 0 bridgehead atoms. The van der Waals surface area contributed by atoms with Gasteiger partial charge in [-0.05, 0) is 6.08 Å². The number of hydrogen-bond acceptors (Lipinski definition) is 5. The normalized spacial score (nSPS) is 47.4. The summed E-state index contributed by atoms with van der Waals surface area (Å²) in [4.78, 5) is 0. The fourth-order valence-electron chi connectivity index (χ4n) is 1.72. The number of fused-ring (bicyclic) bond motifs is 1. The van der Waals surface area contributed by atoms with E-state index < -0.39 is 24.8 Å². The van der Waals surface area contributed by atoms with Gasteiger partial charge in [0.05, 0.1) is 6.61 Å². The SMILES string of the molecule is C=CC1OC2C(O)COC(OC)C2O1. The van der Waals surface area contributed by atoms with Crippen LogP contribution in [0.25, 0.3) is 0 Å². The van der Waals surface area contributed by atoms with E-state index in [1.807, 2.05) is 0 Å². The van der Waals surface area contributed by atoms with E-state index in [1.54, 1.807) is 0 Å². The van der Waals surface area contributed by atoms with Crippen molar-refractivity contribution in [3.05, 3.63) is 12.7 Å². The van der Waals surface area contributed by atoms with Crippen LogP contribution in [-0.2, 0) is 18.9 Å². The summed E-state index contributed by atoms with van der Waals surface area (Å²) in [5.74, 6) is 0. The third-order valence-electron chi connectivity index (χ3n) is 2.41. The molecule has 2 aliphatic heterocycles. The Kier molecular flexibility index (Phi) is 2.85. The molecule has 1 N–H and O–H groups in total. The van der Waals surface area contributed by atoms with Gasteiger partial charge in [0.15, 0.2) is 12.6 Å². The van der Waals surface area contributed by atoms with Gasteiger partial charge >= 0.3 is 0 Å². The van der Waals surface area contributed by atoms with Gasteiger partial charge in [0.25, 0.3) is 0 Å². The molecular weight excluding hydrogens is 188 g/mol. The average Bonchev–Trinajstić information content (AvgIpc) is 2.63. The number of hydrogen-bond donors (Lipinski definition) is 1. The summed E-state index contributed by atoms with van der Waals surface area (Å²) in [6.45, 7) is 3.76. The van der Waals surface area contributed by atoms with E-state index in [0.29, 0.717) is 0 Å². The Balaban J connectivity index is 2.09. The van der Waals surface area contributed by atoms with E-state index in [0.717, 1.165) is 0 Å². The maximum Gasteiger partial charge on any atom is 0.186 e. The molecule has 2 saturated heterocycles. The van der Waals surface area contributed by atoms with Crippen LogP contribution in [0.1, 0.15) is 0 Å². The molecule has 2 rings (SSSR count). The molecule has 0 amide bonds. The minimum Gasteiger partial charge on any atom is -0.388 e. The first kappa shape index (κ1) is 10.1. The lowest BCUT2D eigenvalue weighted by atomic mass is 10.1. The van der Waals surface area contributed by atoms with E-state index in [-0.39, 0.29) is 12.7 Å². The number of methoxy groups -OCH3 is 1. The minimum absolute atomic E-state index is 0.201. The minimum atomic E-state index is -0.670. The summed E-state index contributed by atoms with van der Waals surface area (Å²) < 4.78 is 21.2. The summed E-state index contributed by atoms with van der Waals surface area (Å²) in [5.41, 5.74) is 0. The van der Waals surface area contributed by atoms with E-state index in [1.165, 1.54) is 13.2 Å². The smallest absolute Gasteiger partial charge is 0.186 e. The Morgan fingerprint density at radius 3 is 2.79 bits per heavy atom. The van der Waals surface area contributed by atoms with Crippen LogP contribution in [0.2, 0.25) is 0 Å². The second kappa shape index (κ2) is 3.96. The first-order valence-electron chi connectivity index (χ1n) is 4.52. The van der Waals surface area contributed by atoms with E-state index in [9.17, 15) is 5.11 Å². The summed E-state index contributed by atoms with van der Waals surface area (Å²) in [5, 5.41) is 9.59. The van der Waals surface area contributed by atoms with Crippen LogP contribution >= 0.6 is 0 Å². The maximum atomic E-state index is 9.59. The van der Waals surface area contributed by atoms with Gasteiger partial charge in [-0.1, -0.05) is 6.58 Å². The fraction of sp³-hybridized carbons (Fsp3) is 0.778. The topological polar surface area (TPSA) is 57.2 Å². The molecule has 0 aromatic rings. The van der Waals surface area contributed by atoms with Gasteiger partial charge in [-0.3, -0.25) is 0 Å². The summed E-state index contributed by atoms with van der Waals surface area (Å²) in [6, 6.07) is 0. The van der Waals surface area contributed by atoms with Crippen molar-refractivity contribution in [1.29, 1.82) is 0 Å². The zero-order valence-electron chi connectivity index (χ0n) is 7.96. The Labute approximate surface area is 82.2 Å². The molecule has 0 aromatic heterocycles. The molecule has 0 saturated carbocycles. The second-order valence-electron chi connectivity index (χ2n) is 3.31. The highest BCUT2D eigenvalue weighted by molar-refractivity contribution is 4.93. The molecule has 0 aromatic carbocycles. The largest absolute Gasteiger partial charge is 0.388 e. The van der Waals surface area contributed by atoms with Crippen LogP contribution in [0, 0.1) is 0 Å². The van der Waals surface area contributed by atoms with Crippen molar-refractivity contribution < 1.29 is 24.1 Å². The first-order valence-corrected chi connectivity index (χ1v) is 4.52. The molecule has 2 aliphatic rings. The average molecular weight is 202 g/mol. The van der Waals surface area contributed by atoms with Crippen LogP contribution in [0.5, 0.6) is 0 Å². The monoisotopic (exact) mass is 202 g/mol. The highest BCUT2D eigenvalue weighted by Crippen LogP contribution is 2.30. The summed E-state index contributed by atoms with van der Waals surface area (Å²) >= 11 is 0. The van der Waals surface area contributed by atoms with Crippen LogP contribution in [0.15, 0.2) is 12.7 Å². The van der Waals surface area contributed by atoms with Crippen LogP contribution < -0.4 is 0 Å². The molecule has 5 heteroatoms. The Morgan fingerprint density at radius 2 is 2.14 bits per heavy atom. The number of aliphatic hydroxyl groups is 1. The molecule has 2 heterocycles. The van der Waals surface area contributed by atoms with E-state index >= 15 is 0 Å².